The summed E-state index contributed by atoms with van der Waals surface area (Å²) in [7, 11) is 1.55. The molecule has 1 unspecified atom stereocenters. The average molecular weight is 590 g/mol. The minimum Gasteiger partial charge on any atom is -0.497 e. The van der Waals surface area contributed by atoms with Gasteiger partial charge in [-0.3, -0.25) is 13.9 Å². The molecule has 0 bridgehead atoms. The van der Waals surface area contributed by atoms with Crippen LogP contribution in [0.25, 0.3) is 0 Å². The van der Waals surface area contributed by atoms with Crippen LogP contribution < -0.4 is 23.8 Å². The number of rotatable bonds is 12. The quantitative estimate of drug-likeness (QED) is 0.342. The van der Waals surface area contributed by atoms with E-state index < -0.39 is 34.4 Å². The predicted octanol–water partition coefficient (Wildman–Crippen LogP) is 3.72. The first-order valence-electron chi connectivity index (χ1n) is 12.2. The van der Waals surface area contributed by atoms with Gasteiger partial charge in [0.1, 0.15) is 18.3 Å². The standard InChI is InChI=1S/C28H32ClN3O7S/c1-19(28(34)30-2)31(17-20-6-12-23(37-3)13-7-20)27(33)18-32(22-10-8-21(29)9-11-22)40(35,36)24-14-15-25(38-4)26(16-24)39-5/h6-16,19H,17-18H2,1-5H3,(H,30,34). The molecule has 12 heteroatoms. The van der Waals surface area contributed by atoms with Gasteiger partial charge in [0, 0.05) is 24.7 Å². The molecule has 0 saturated heterocycles. The normalized spacial score (nSPS) is 11.8. The number of carbonyl (C=O) groups is 2. The first kappa shape index (κ1) is 30.6. The van der Waals surface area contributed by atoms with E-state index in [2.05, 4.69) is 5.32 Å². The van der Waals surface area contributed by atoms with E-state index in [1.807, 2.05) is 0 Å². The van der Waals surface area contributed by atoms with Gasteiger partial charge < -0.3 is 24.4 Å². The summed E-state index contributed by atoms with van der Waals surface area (Å²) in [6, 6.07) is 16.4. The molecule has 0 aromatic heterocycles. The number of nitrogens with one attached hydrogen (secondary N) is 1. The summed E-state index contributed by atoms with van der Waals surface area (Å²) in [6.07, 6.45) is 0. The van der Waals surface area contributed by atoms with E-state index >= 15 is 0 Å². The Morgan fingerprint density at radius 3 is 2.08 bits per heavy atom. The van der Waals surface area contributed by atoms with Crippen LogP contribution in [0.3, 0.4) is 0 Å². The number of hydrogen-bond acceptors (Lipinski definition) is 7. The summed E-state index contributed by atoms with van der Waals surface area (Å²) < 4.78 is 44.6. The lowest BCUT2D eigenvalue weighted by Crippen LogP contribution is -2.50. The topological polar surface area (TPSA) is 114 Å². The molecule has 0 aliphatic rings. The highest BCUT2D eigenvalue weighted by molar-refractivity contribution is 7.92. The zero-order valence-electron chi connectivity index (χ0n) is 22.9. The molecular formula is C28H32ClN3O7S. The molecule has 40 heavy (non-hydrogen) atoms. The van der Waals surface area contributed by atoms with Gasteiger partial charge in [0.05, 0.1) is 31.9 Å². The maximum absolute atomic E-state index is 14.0. The van der Waals surface area contributed by atoms with Crippen molar-refractivity contribution < 1.29 is 32.2 Å². The highest BCUT2D eigenvalue weighted by Gasteiger charge is 2.33. The van der Waals surface area contributed by atoms with Crippen molar-refractivity contribution in [2.45, 2.75) is 24.4 Å². The Labute approximate surface area is 239 Å². The van der Waals surface area contributed by atoms with Gasteiger partial charge in [0.15, 0.2) is 11.5 Å². The zero-order valence-corrected chi connectivity index (χ0v) is 24.5. The second-order valence-electron chi connectivity index (χ2n) is 8.66. The van der Waals surface area contributed by atoms with E-state index in [1.165, 1.54) is 68.6 Å². The molecule has 214 valence electrons. The van der Waals surface area contributed by atoms with Crippen LogP contribution in [-0.2, 0) is 26.2 Å². The molecule has 0 heterocycles. The molecule has 0 saturated carbocycles. The summed E-state index contributed by atoms with van der Waals surface area (Å²) in [5.41, 5.74) is 0.940. The molecule has 0 spiro atoms. The minimum absolute atomic E-state index is 0.0578. The number of carbonyl (C=O) groups excluding carboxylic acids is 2. The number of benzene rings is 3. The fourth-order valence-corrected chi connectivity index (χ4v) is 5.52. The van der Waals surface area contributed by atoms with Crippen molar-refractivity contribution in [2.75, 3.05) is 39.2 Å². The molecule has 1 N–H and O–H groups in total. The van der Waals surface area contributed by atoms with Crippen molar-refractivity contribution in [1.82, 2.24) is 10.2 Å². The smallest absolute Gasteiger partial charge is 0.264 e. The van der Waals surface area contributed by atoms with E-state index in [1.54, 1.807) is 38.3 Å². The third kappa shape index (κ3) is 6.97. The second-order valence-corrected chi connectivity index (χ2v) is 11.0. The first-order valence-corrected chi connectivity index (χ1v) is 14.0. The predicted molar refractivity (Wildman–Crippen MR) is 153 cm³/mol. The molecule has 1 atom stereocenters. The Bertz CT molecular complexity index is 1430. The summed E-state index contributed by atoms with van der Waals surface area (Å²) in [6.45, 7) is 1.05. The number of methoxy groups -OCH3 is 3. The lowest BCUT2D eigenvalue weighted by Gasteiger charge is -2.32. The van der Waals surface area contributed by atoms with Crippen LogP contribution in [0.4, 0.5) is 5.69 Å². The van der Waals surface area contributed by atoms with Crippen LogP contribution in [0.15, 0.2) is 71.6 Å². The van der Waals surface area contributed by atoms with Crippen molar-refractivity contribution in [3.05, 3.63) is 77.3 Å². The Balaban J connectivity index is 2.05. The van der Waals surface area contributed by atoms with E-state index in [9.17, 15) is 18.0 Å². The van der Waals surface area contributed by atoms with Crippen molar-refractivity contribution in [3.63, 3.8) is 0 Å². The Morgan fingerprint density at radius 2 is 1.52 bits per heavy atom. The molecular weight excluding hydrogens is 558 g/mol. The number of ether oxygens (including phenoxy) is 3. The van der Waals surface area contributed by atoms with Crippen LogP contribution in [0.2, 0.25) is 5.02 Å². The van der Waals surface area contributed by atoms with Crippen molar-refractivity contribution in [1.29, 1.82) is 0 Å². The van der Waals surface area contributed by atoms with E-state index in [0.717, 1.165) is 9.87 Å². The maximum atomic E-state index is 14.0. The van der Waals surface area contributed by atoms with Crippen LogP contribution in [0, 0.1) is 0 Å². The third-order valence-corrected chi connectivity index (χ3v) is 8.28. The second kappa shape index (κ2) is 13.4. The van der Waals surface area contributed by atoms with Gasteiger partial charge in [0.25, 0.3) is 10.0 Å². The maximum Gasteiger partial charge on any atom is 0.264 e. The molecule has 3 aromatic rings. The Kier molecular flexibility index (Phi) is 10.2. The van der Waals surface area contributed by atoms with Crippen LogP contribution in [-0.4, -0.2) is 66.1 Å². The Morgan fingerprint density at radius 1 is 0.900 bits per heavy atom. The summed E-state index contributed by atoms with van der Waals surface area (Å²) in [5, 5.41) is 2.95. The number of anilines is 1. The van der Waals surface area contributed by atoms with Crippen molar-refractivity contribution in [3.8, 4) is 17.2 Å². The third-order valence-electron chi connectivity index (χ3n) is 6.26. The number of amides is 2. The summed E-state index contributed by atoms with van der Waals surface area (Å²) in [4.78, 5) is 27.6. The van der Waals surface area contributed by atoms with Crippen LogP contribution in [0.1, 0.15) is 12.5 Å². The number of likely N-dealkylation sites (N-methyl/N-ethyl adjacent to an activating group) is 1. The molecule has 3 rings (SSSR count). The molecule has 0 aliphatic heterocycles. The highest BCUT2D eigenvalue weighted by atomic mass is 35.5. The molecule has 0 radical (unpaired) electrons. The molecule has 0 fully saturated rings. The number of sulfonamides is 1. The lowest BCUT2D eigenvalue weighted by atomic mass is 10.1. The van der Waals surface area contributed by atoms with Gasteiger partial charge >= 0.3 is 0 Å². The van der Waals surface area contributed by atoms with Crippen molar-refractivity contribution in [2.24, 2.45) is 0 Å². The van der Waals surface area contributed by atoms with Gasteiger partial charge in [0.2, 0.25) is 11.8 Å². The van der Waals surface area contributed by atoms with E-state index in [-0.39, 0.29) is 22.9 Å². The first-order chi connectivity index (χ1) is 19.0. The molecule has 3 aromatic carbocycles. The largest absolute Gasteiger partial charge is 0.497 e. The van der Waals surface area contributed by atoms with Crippen LogP contribution in [0.5, 0.6) is 17.2 Å². The van der Waals surface area contributed by atoms with Gasteiger partial charge in [-0.1, -0.05) is 23.7 Å². The zero-order chi connectivity index (χ0) is 29.4. The molecule has 2 amide bonds. The van der Waals surface area contributed by atoms with E-state index in [0.29, 0.717) is 16.5 Å². The SMILES string of the molecule is CNC(=O)C(C)N(Cc1ccc(OC)cc1)C(=O)CN(c1ccc(Cl)cc1)S(=O)(=O)c1ccc(OC)c(OC)c1. The number of nitrogens with zero attached hydrogens (tertiary/aromatic N) is 2. The average Bonchev–Trinajstić information content (AvgIpc) is 2.98. The van der Waals surface area contributed by atoms with Gasteiger partial charge in [-0.05, 0) is 61.0 Å². The fraction of sp³-hybridized carbons (Fsp3) is 0.286. The van der Waals surface area contributed by atoms with Crippen molar-refractivity contribution >= 4 is 39.1 Å². The molecule has 10 nitrogen and oxygen atoms in total. The summed E-state index contributed by atoms with van der Waals surface area (Å²) >= 11 is 6.05. The molecule has 0 aliphatic carbocycles. The number of halogens is 1. The monoisotopic (exact) mass is 589 g/mol. The number of hydrogen-bond donors (Lipinski definition) is 1. The summed E-state index contributed by atoms with van der Waals surface area (Å²) in [5.74, 6) is 0.199. The minimum atomic E-state index is -4.30. The van der Waals surface area contributed by atoms with Gasteiger partial charge in [-0.15, -0.1) is 0 Å². The lowest BCUT2D eigenvalue weighted by molar-refractivity contribution is -0.139. The van der Waals surface area contributed by atoms with Gasteiger partial charge in [-0.25, -0.2) is 8.42 Å². The Hall–Kier alpha value is -3.96. The highest BCUT2D eigenvalue weighted by Crippen LogP contribution is 2.32. The van der Waals surface area contributed by atoms with E-state index in [4.69, 9.17) is 25.8 Å². The fourth-order valence-electron chi connectivity index (χ4n) is 3.96. The van der Waals surface area contributed by atoms with Gasteiger partial charge in [-0.2, -0.15) is 0 Å². The van der Waals surface area contributed by atoms with Crippen LogP contribution >= 0.6 is 11.6 Å².